The highest BCUT2D eigenvalue weighted by molar-refractivity contribution is 8.13. The monoisotopic (exact) mass is 338 g/mol. The standard InChI is InChI=1S/C21H26N2S/c1-4-16-22-21(24-5-2)23(17-19-12-8-6-9-13-19)18(3)20-14-10-7-11-15-20/h4,6-15,18H,1,5,16-17H2,2-3H3. The molecule has 3 heteroatoms. The van der Waals surface area contributed by atoms with E-state index in [0.717, 1.165) is 17.5 Å². The zero-order valence-corrected chi connectivity index (χ0v) is 15.4. The minimum absolute atomic E-state index is 0.258. The van der Waals surface area contributed by atoms with Gasteiger partial charge >= 0.3 is 0 Å². The number of hydrogen-bond acceptors (Lipinski definition) is 2. The van der Waals surface area contributed by atoms with Crippen LogP contribution in [0.4, 0.5) is 0 Å². The minimum Gasteiger partial charge on any atom is -0.340 e. The van der Waals surface area contributed by atoms with Crippen LogP contribution in [0.1, 0.15) is 31.0 Å². The van der Waals surface area contributed by atoms with Crippen LogP contribution in [-0.2, 0) is 6.54 Å². The third-order valence-electron chi connectivity index (χ3n) is 3.82. The highest BCUT2D eigenvalue weighted by Gasteiger charge is 2.20. The van der Waals surface area contributed by atoms with E-state index in [-0.39, 0.29) is 6.04 Å². The van der Waals surface area contributed by atoms with Crippen molar-refractivity contribution in [3.8, 4) is 0 Å². The zero-order chi connectivity index (χ0) is 17.2. The maximum Gasteiger partial charge on any atom is 0.160 e. The summed E-state index contributed by atoms with van der Waals surface area (Å²) in [5, 5.41) is 1.08. The van der Waals surface area contributed by atoms with Crippen LogP contribution in [0.2, 0.25) is 0 Å². The van der Waals surface area contributed by atoms with Crippen molar-refractivity contribution in [2.75, 3.05) is 12.3 Å². The van der Waals surface area contributed by atoms with Crippen molar-refractivity contribution >= 4 is 16.9 Å². The normalized spacial score (nSPS) is 12.7. The van der Waals surface area contributed by atoms with Crippen molar-refractivity contribution in [3.63, 3.8) is 0 Å². The van der Waals surface area contributed by atoms with Crippen LogP contribution in [0.5, 0.6) is 0 Å². The van der Waals surface area contributed by atoms with E-state index in [4.69, 9.17) is 4.99 Å². The minimum atomic E-state index is 0.258. The molecule has 0 spiro atoms. The molecule has 2 aromatic carbocycles. The van der Waals surface area contributed by atoms with Crippen LogP contribution < -0.4 is 0 Å². The maximum atomic E-state index is 4.76. The molecule has 0 bridgehead atoms. The number of thioether (sulfide) groups is 1. The molecule has 24 heavy (non-hydrogen) atoms. The summed E-state index contributed by atoms with van der Waals surface area (Å²) >= 11 is 1.79. The summed E-state index contributed by atoms with van der Waals surface area (Å²) < 4.78 is 0. The lowest BCUT2D eigenvalue weighted by atomic mass is 10.1. The molecular formula is C21H26N2S. The largest absolute Gasteiger partial charge is 0.340 e. The fourth-order valence-electron chi connectivity index (χ4n) is 2.55. The van der Waals surface area contributed by atoms with Gasteiger partial charge in [-0.1, -0.05) is 85.4 Å². The second-order valence-electron chi connectivity index (χ2n) is 5.55. The first-order chi connectivity index (χ1) is 11.8. The summed E-state index contributed by atoms with van der Waals surface area (Å²) in [5.74, 6) is 1.00. The van der Waals surface area contributed by atoms with Crippen LogP contribution in [0, 0.1) is 0 Å². The van der Waals surface area contributed by atoms with E-state index < -0.39 is 0 Å². The van der Waals surface area contributed by atoms with E-state index in [1.165, 1.54) is 11.1 Å². The molecule has 1 unspecified atom stereocenters. The van der Waals surface area contributed by atoms with Crippen LogP contribution in [0.25, 0.3) is 0 Å². The number of benzene rings is 2. The van der Waals surface area contributed by atoms with Gasteiger partial charge in [0.15, 0.2) is 5.17 Å². The van der Waals surface area contributed by atoms with E-state index in [0.29, 0.717) is 6.54 Å². The number of hydrogen-bond donors (Lipinski definition) is 0. The molecule has 0 amide bonds. The average molecular weight is 339 g/mol. The molecule has 0 aromatic heterocycles. The Bertz CT molecular complexity index is 637. The van der Waals surface area contributed by atoms with E-state index in [2.05, 4.69) is 86.0 Å². The molecule has 2 rings (SSSR count). The summed E-state index contributed by atoms with van der Waals surface area (Å²) in [6.45, 7) is 9.72. The second-order valence-corrected chi connectivity index (χ2v) is 6.78. The third kappa shape index (κ3) is 5.27. The highest BCUT2D eigenvalue weighted by atomic mass is 32.2. The van der Waals surface area contributed by atoms with Gasteiger partial charge in [-0.3, -0.25) is 4.99 Å². The molecule has 0 aliphatic rings. The summed E-state index contributed by atoms with van der Waals surface area (Å²) in [4.78, 5) is 7.15. The van der Waals surface area contributed by atoms with Crippen molar-refractivity contribution < 1.29 is 0 Å². The Morgan fingerprint density at radius 2 is 1.75 bits per heavy atom. The van der Waals surface area contributed by atoms with Gasteiger partial charge in [-0.2, -0.15) is 0 Å². The van der Waals surface area contributed by atoms with Crippen LogP contribution in [0.15, 0.2) is 78.3 Å². The predicted molar refractivity (Wildman–Crippen MR) is 107 cm³/mol. The van der Waals surface area contributed by atoms with Crippen molar-refractivity contribution in [1.82, 2.24) is 4.90 Å². The Kier molecular flexibility index (Phi) is 7.63. The molecule has 126 valence electrons. The predicted octanol–water partition coefficient (Wildman–Crippen LogP) is 5.54. The van der Waals surface area contributed by atoms with Gasteiger partial charge in [0.2, 0.25) is 0 Å². The quantitative estimate of drug-likeness (QED) is 0.374. The summed E-state index contributed by atoms with van der Waals surface area (Å²) in [7, 11) is 0. The third-order valence-corrected chi connectivity index (χ3v) is 4.73. The topological polar surface area (TPSA) is 15.6 Å². The highest BCUT2D eigenvalue weighted by Crippen LogP contribution is 2.26. The molecule has 0 saturated heterocycles. The van der Waals surface area contributed by atoms with Crippen molar-refractivity contribution in [2.24, 2.45) is 4.99 Å². The molecule has 0 aliphatic heterocycles. The first-order valence-corrected chi connectivity index (χ1v) is 9.38. The van der Waals surface area contributed by atoms with Crippen LogP contribution >= 0.6 is 11.8 Å². The Balaban J connectivity index is 2.33. The number of aliphatic imine (C=N–C) groups is 1. The van der Waals surface area contributed by atoms with E-state index >= 15 is 0 Å². The molecule has 1 atom stereocenters. The zero-order valence-electron chi connectivity index (χ0n) is 14.6. The van der Waals surface area contributed by atoms with Crippen molar-refractivity contribution in [1.29, 1.82) is 0 Å². The van der Waals surface area contributed by atoms with Crippen LogP contribution in [-0.4, -0.2) is 22.4 Å². The number of amidine groups is 1. The summed E-state index contributed by atoms with van der Waals surface area (Å²) in [6.07, 6.45) is 1.85. The van der Waals surface area contributed by atoms with Crippen LogP contribution in [0.3, 0.4) is 0 Å². The number of nitrogens with zero attached hydrogens (tertiary/aromatic N) is 2. The molecular weight excluding hydrogens is 312 g/mol. The fraction of sp³-hybridized carbons (Fsp3) is 0.286. The van der Waals surface area contributed by atoms with E-state index in [1.807, 2.05) is 6.08 Å². The second kappa shape index (κ2) is 9.99. The molecule has 0 N–H and O–H groups in total. The molecule has 2 aromatic rings. The van der Waals surface area contributed by atoms with Gasteiger partial charge < -0.3 is 4.90 Å². The fourth-order valence-corrected chi connectivity index (χ4v) is 3.37. The molecule has 2 nitrogen and oxygen atoms in total. The SMILES string of the molecule is C=CCN=C(SCC)N(Cc1ccccc1)C(C)c1ccccc1. The van der Waals surface area contributed by atoms with Gasteiger partial charge in [0, 0.05) is 6.54 Å². The van der Waals surface area contributed by atoms with E-state index in [1.54, 1.807) is 11.8 Å². The first kappa shape index (κ1) is 18.3. The first-order valence-electron chi connectivity index (χ1n) is 8.40. The lowest BCUT2D eigenvalue weighted by Gasteiger charge is -2.32. The summed E-state index contributed by atoms with van der Waals surface area (Å²) in [5.41, 5.74) is 2.60. The summed E-state index contributed by atoms with van der Waals surface area (Å²) in [6, 6.07) is 21.5. The van der Waals surface area contributed by atoms with Gasteiger partial charge in [-0.05, 0) is 23.8 Å². The maximum absolute atomic E-state index is 4.76. The van der Waals surface area contributed by atoms with Crippen molar-refractivity contribution in [3.05, 3.63) is 84.4 Å². The molecule has 0 aliphatic carbocycles. The smallest absolute Gasteiger partial charge is 0.160 e. The van der Waals surface area contributed by atoms with Gasteiger partial charge in [0.05, 0.1) is 12.6 Å². The Morgan fingerprint density at radius 3 is 2.33 bits per heavy atom. The molecule has 0 saturated carbocycles. The molecule has 0 heterocycles. The Morgan fingerprint density at radius 1 is 1.12 bits per heavy atom. The van der Waals surface area contributed by atoms with Gasteiger partial charge in [0.1, 0.15) is 0 Å². The Labute approximate surface area is 150 Å². The molecule has 0 fully saturated rings. The van der Waals surface area contributed by atoms with Gasteiger partial charge in [0.25, 0.3) is 0 Å². The van der Waals surface area contributed by atoms with E-state index in [9.17, 15) is 0 Å². The lowest BCUT2D eigenvalue weighted by Crippen LogP contribution is -2.31. The van der Waals surface area contributed by atoms with Gasteiger partial charge in [-0.15, -0.1) is 6.58 Å². The lowest BCUT2D eigenvalue weighted by molar-refractivity contribution is 0.335. The van der Waals surface area contributed by atoms with Crippen molar-refractivity contribution in [2.45, 2.75) is 26.4 Å². The number of rotatable bonds is 7. The molecule has 0 radical (unpaired) electrons. The van der Waals surface area contributed by atoms with Gasteiger partial charge in [-0.25, -0.2) is 0 Å². The Hall–Kier alpha value is -2.00. The average Bonchev–Trinajstić information content (AvgIpc) is 2.64.